The fraction of sp³-hybridized carbons (Fsp3) is 0.500. The Morgan fingerprint density at radius 2 is 1.91 bits per heavy atom. The van der Waals surface area contributed by atoms with Crippen LogP contribution in [-0.2, 0) is 4.79 Å². The smallest absolute Gasteiger partial charge is 0.303 e. The molecule has 0 aromatic heterocycles. The molecular weight excluding hydrogens is 286 g/mol. The number of hydrogen-bond acceptors (Lipinski definition) is 4. The molecule has 2 aliphatic rings. The van der Waals surface area contributed by atoms with Crippen molar-refractivity contribution in [3.63, 3.8) is 0 Å². The lowest BCUT2D eigenvalue weighted by atomic mass is 9.93. The lowest BCUT2D eigenvalue weighted by Gasteiger charge is -2.32. The molecule has 1 N–H and O–H groups in total. The number of amides is 1. The van der Waals surface area contributed by atoms with Crippen molar-refractivity contribution < 1.29 is 24.2 Å². The van der Waals surface area contributed by atoms with Crippen LogP contribution < -0.4 is 9.47 Å². The third-order valence-corrected chi connectivity index (χ3v) is 4.16. The molecule has 2 heterocycles. The monoisotopic (exact) mass is 305 g/mol. The molecule has 0 unspecified atom stereocenters. The highest BCUT2D eigenvalue weighted by molar-refractivity contribution is 5.98. The maximum atomic E-state index is 12.7. The van der Waals surface area contributed by atoms with Crippen LogP contribution in [0.5, 0.6) is 11.5 Å². The molecule has 0 aliphatic carbocycles. The van der Waals surface area contributed by atoms with E-state index in [0.717, 1.165) is 12.8 Å². The van der Waals surface area contributed by atoms with Crippen LogP contribution in [0.15, 0.2) is 18.2 Å². The zero-order chi connectivity index (χ0) is 15.5. The predicted octanol–water partition coefficient (Wildman–Crippen LogP) is 1.78. The molecule has 0 bridgehead atoms. The number of hydrogen-bond donors (Lipinski definition) is 1. The van der Waals surface area contributed by atoms with E-state index < -0.39 is 5.97 Å². The quantitative estimate of drug-likeness (QED) is 0.921. The minimum atomic E-state index is -0.771. The van der Waals surface area contributed by atoms with Crippen molar-refractivity contribution in [2.45, 2.75) is 19.3 Å². The van der Waals surface area contributed by atoms with Crippen molar-refractivity contribution in [1.82, 2.24) is 4.90 Å². The summed E-state index contributed by atoms with van der Waals surface area (Å²) < 4.78 is 11.1. The highest BCUT2D eigenvalue weighted by atomic mass is 16.6. The molecule has 2 aliphatic heterocycles. The summed E-state index contributed by atoms with van der Waals surface area (Å²) >= 11 is 0. The van der Waals surface area contributed by atoms with Gasteiger partial charge in [0.2, 0.25) is 0 Å². The van der Waals surface area contributed by atoms with Gasteiger partial charge in [-0.15, -0.1) is 0 Å². The number of likely N-dealkylation sites (tertiary alicyclic amines) is 1. The third kappa shape index (κ3) is 3.00. The molecule has 0 atom stereocenters. The van der Waals surface area contributed by atoms with Gasteiger partial charge in [-0.25, -0.2) is 0 Å². The average molecular weight is 305 g/mol. The molecule has 0 spiro atoms. The van der Waals surface area contributed by atoms with Gasteiger partial charge >= 0.3 is 5.97 Å². The third-order valence-electron chi connectivity index (χ3n) is 4.16. The van der Waals surface area contributed by atoms with Crippen molar-refractivity contribution in [2.24, 2.45) is 5.92 Å². The molecule has 1 fully saturated rings. The molecule has 3 rings (SSSR count). The van der Waals surface area contributed by atoms with Gasteiger partial charge in [-0.05, 0) is 30.9 Å². The minimum Gasteiger partial charge on any atom is -0.486 e. The van der Waals surface area contributed by atoms with Crippen LogP contribution >= 0.6 is 0 Å². The number of para-hydroxylation sites is 1. The molecule has 6 nitrogen and oxygen atoms in total. The van der Waals surface area contributed by atoms with Gasteiger partial charge in [0, 0.05) is 19.5 Å². The van der Waals surface area contributed by atoms with Crippen LogP contribution in [0.4, 0.5) is 0 Å². The van der Waals surface area contributed by atoms with Gasteiger partial charge in [0.1, 0.15) is 13.2 Å². The first-order chi connectivity index (χ1) is 10.6. The molecule has 22 heavy (non-hydrogen) atoms. The largest absolute Gasteiger partial charge is 0.486 e. The number of carbonyl (C=O) groups is 2. The van der Waals surface area contributed by atoms with Crippen LogP contribution in [0.1, 0.15) is 29.6 Å². The van der Waals surface area contributed by atoms with E-state index in [1.165, 1.54) is 0 Å². The molecular formula is C16H19NO5. The van der Waals surface area contributed by atoms with Crippen molar-refractivity contribution in [3.8, 4) is 11.5 Å². The van der Waals surface area contributed by atoms with Gasteiger partial charge in [-0.2, -0.15) is 0 Å². The molecule has 118 valence electrons. The number of fused-ring (bicyclic) bond motifs is 1. The normalized spacial score (nSPS) is 18.1. The van der Waals surface area contributed by atoms with Gasteiger partial charge in [0.25, 0.3) is 5.91 Å². The van der Waals surface area contributed by atoms with Crippen LogP contribution in [0.2, 0.25) is 0 Å². The van der Waals surface area contributed by atoms with E-state index in [4.69, 9.17) is 14.6 Å². The molecule has 0 saturated carbocycles. The van der Waals surface area contributed by atoms with Crippen LogP contribution in [0, 0.1) is 5.92 Å². The Labute approximate surface area is 128 Å². The summed E-state index contributed by atoms with van der Waals surface area (Å²) in [6, 6.07) is 5.33. The van der Waals surface area contributed by atoms with Crippen molar-refractivity contribution in [2.75, 3.05) is 26.3 Å². The zero-order valence-corrected chi connectivity index (χ0v) is 12.3. The van der Waals surface area contributed by atoms with Gasteiger partial charge in [-0.3, -0.25) is 9.59 Å². The number of benzene rings is 1. The number of rotatable bonds is 3. The molecule has 1 saturated heterocycles. The van der Waals surface area contributed by atoms with E-state index in [0.29, 0.717) is 43.4 Å². The highest BCUT2D eigenvalue weighted by Crippen LogP contribution is 2.35. The predicted molar refractivity (Wildman–Crippen MR) is 78.3 cm³/mol. The van der Waals surface area contributed by atoms with Crippen LogP contribution in [0.25, 0.3) is 0 Å². The Morgan fingerprint density at radius 3 is 2.64 bits per heavy atom. The second-order valence-corrected chi connectivity index (χ2v) is 5.66. The number of carboxylic acid groups (broad SMARTS) is 1. The maximum Gasteiger partial charge on any atom is 0.303 e. The summed E-state index contributed by atoms with van der Waals surface area (Å²) in [5.41, 5.74) is 0.522. The molecule has 6 heteroatoms. The number of carboxylic acids is 1. The number of ether oxygens (including phenoxy) is 2. The minimum absolute atomic E-state index is 0.0730. The number of aliphatic carboxylic acids is 1. The second-order valence-electron chi connectivity index (χ2n) is 5.66. The van der Waals surface area contributed by atoms with E-state index in [1.807, 2.05) is 0 Å². The number of carbonyl (C=O) groups excluding carboxylic acids is 1. The SMILES string of the molecule is O=C(O)CC1CCN(C(=O)c2cccc3c2OCCO3)CC1. The van der Waals surface area contributed by atoms with Gasteiger partial charge in [-0.1, -0.05) is 6.07 Å². The van der Waals surface area contributed by atoms with E-state index in [2.05, 4.69) is 0 Å². The van der Waals surface area contributed by atoms with Crippen molar-refractivity contribution in [3.05, 3.63) is 23.8 Å². The summed E-state index contributed by atoms with van der Waals surface area (Å²) in [6.45, 7) is 2.10. The summed E-state index contributed by atoms with van der Waals surface area (Å²) in [7, 11) is 0. The van der Waals surface area contributed by atoms with E-state index in [-0.39, 0.29) is 18.2 Å². The van der Waals surface area contributed by atoms with Gasteiger partial charge in [0.05, 0.1) is 5.56 Å². The topological polar surface area (TPSA) is 76.1 Å². The first-order valence-corrected chi connectivity index (χ1v) is 7.55. The molecule has 1 amide bonds. The average Bonchev–Trinajstić information content (AvgIpc) is 2.54. The maximum absolute atomic E-state index is 12.7. The van der Waals surface area contributed by atoms with E-state index in [1.54, 1.807) is 23.1 Å². The highest BCUT2D eigenvalue weighted by Gasteiger charge is 2.28. The standard InChI is InChI=1S/C16H19NO5/c18-14(19)10-11-4-6-17(7-5-11)16(20)12-2-1-3-13-15(12)22-9-8-21-13/h1-3,11H,4-10H2,(H,18,19). The van der Waals surface area contributed by atoms with Gasteiger partial charge in [0.15, 0.2) is 11.5 Å². The van der Waals surface area contributed by atoms with Crippen molar-refractivity contribution in [1.29, 1.82) is 0 Å². The Balaban J connectivity index is 1.69. The van der Waals surface area contributed by atoms with Crippen molar-refractivity contribution >= 4 is 11.9 Å². The Kier molecular flexibility index (Phi) is 4.18. The first kappa shape index (κ1) is 14.7. The molecule has 0 radical (unpaired) electrons. The number of nitrogens with zero attached hydrogens (tertiary/aromatic N) is 1. The second kappa shape index (κ2) is 6.25. The van der Waals surface area contributed by atoms with E-state index in [9.17, 15) is 9.59 Å². The summed E-state index contributed by atoms with van der Waals surface area (Å²) in [5, 5.41) is 8.84. The Bertz CT molecular complexity index is 578. The van der Waals surface area contributed by atoms with Crippen LogP contribution in [-0.4, -0.2) is 48.2 Å². The zero-order valence-electron chi connectivity index (χ0n) is 12.3. The lowest BCUT2D eigenvalue weighted by molar-refractivity contribution is -0.138. The summed E-state index contributed by atoms with van der Waals surface area (Å²) in [6.07, 6.45) is 1.63. The lowest BCUT2D eigenvalue weighted by Crippen LogP contribution is -2.39. The van der Waals surface area contributed by atoms with Gasteiger partial charge < -0.3 is 19.5 Å². The Morgan fingerprint density at radius 1 is 1.18 bits per heavy atom. The molecule has 1 aromatic rings. The summed E-state index contributed by atoms with van der Waals surface area (Å²) in [4.78, 5) is 25.2. The Hall–Kier alpha value is -2.24. The number of piperidine rings is 1. The summed E-state index contributed by atoms with van der Waals surface area (Å²) in [5.74, 6) is 0.443. The molecule has 1 aromatic carbocycles. The van der Waals surface area contributed by atoms with E-state index >= 15 is 0 Å². The fourth-order valence-electron chi connectivity index (χ4n) is 3.00. The fourth-order valence-corrected chi connectivity index (χ4v) is 3.00. The van der Waals surface area contributed by atoms with Crippen LogP contribution in [0.3, 0.4) is 0 Å². The first-order valence-electron chi connectivity index (χ1n) is 7.55.